The second-order valence-corrected chi connectivity index (χ2v) is 11.4. The summed E-state index contributed by atoms with van der Waals surface area (Å²) in [5.41, 5.74) is 11.1. The number of methoxy groups -OCH3 is 1. The fraction of sp³-hybridized carbons (Fsp3) is 0.367. The summed E-state index contributed by atoms with van der Waals surface area (Å²) in [6, 6.07) is 11.3. The molecule has 0 spiro atoms. The van der Waals surface area contributed by atoms with Crippen LogP contribution >= 0.6 is 0 Å². The van der Waals surface area contributed by atoms with Gasteiger partial charge in [-0.05, 0) is 54.8 Å². The van der Waals surface area contributed by atoms with Crippen LogP contribution in [-0.2, 0) is 5.41 Å². The van der Waals surface area contributed by atoms with E-state index in [1.165, 1.54) is 6.33 Å². The maximum Gasteiger partial charge on any atom is 0.255 e. The van der Waals surface area contributed by atoms with Crippen LogP contribution in [0.3, 0.4) is 0 Å². The molecule has 4 N–H and O–H groups in total. The van der Waals surface area contributed by atoms with Crippen LogP contribution in [0.4, 0.5) is 29.0 Å². The molecule has 2 aromatic heterocycles. The number of piperazine rings is 1. The Morgan fingerprint density at radius 1 is 0.976 bits per heavy atom. The molecule has 4 aromatic rings. The normalized spacial score (nSPS) is 14.2. The van der Waals surface area contributed by atoms with Gasteiger partial charge in [0.25, 0.3) is 5.91 Å². The molecule has 0 saturated carbocycles. The lowest BCUT2D eigenvalue weighted by Crippen LogP contribution is -2.45. The Morgan fingerprint density at radius 3 is 2.44 bits per heavy atom. The largest absolute Gasteiger partial charge is 0.495 e. The average molecular weight is 556 g/mol. The van der Waals surface area contributed by atoms with Crippen molar-refractivity contribution in [3.05, 3.63) is 59.4 Å². The van der Waals surface area contributed by atoms with E-state index in [1.54, 1.807) is 19.2 Å². The predicted molar refractivity (Wildman–Crippen MR) is 163 cm³/mol. The number of nitrogens with two attached hydrogens (primary N) is 1. The summed E-state index contributed by atoms with van der Waals surface area (Å²) in [5, 5.41) is 6.38. The lowest BCUT2D eigenvalue weighted by molar-refractivity contribution is 0.102. The minimum absolute atomic E-state index is 0.0792. The number of fused-ring (bicyclic) bond motifs is 1. The van der Waals surface area contributed by atoms with E-state index in [0.717, 1.165) is 37.3 Å². The lowest BCUT2D eigenvalue weighted by atomic mass is 9.87. The molecule has 0 atom stereocenters. The van der Waals surface area contributed by atoms with Gasteiger partial charge in [-0.1, -0.05) is 32.9 Å². The topological polar surface area (TPSA) is 134 Å². The van der Waals surface area contributed by atoms with Crippen molar-refractivity contribution in [2.45, 2.75) is 33.1 Å². The predicted octanol–water partition coefficient (Wildman–Crippen LogP) is 4.36. The zero-order valence-electron chi connectivity index (χ0n) is 24.4. The number of nitrogens with one attached hydrogen (secondary N) is 2. The number of likely N-dealkylation sites (N-methyl/N-ethyl adjacent to an activating group) is 1. The smallest absolute Gasteiger partial charge is 0.255 e. The van der Waals surface area contributed by atoms with Gasteiger partial charge in [-0.15, -0.1) is 0 Å². The molecule has 11 nitrogen and oxygen atoms in total. The maximum absolute atomic E-state index is 13.4. The van der Waals surface area contributed by atoms with Gasteiger partial charge in [0.15, 0.2) is 11.6 Å². The Bertz CT molecular complexity index is 1590. The van der Waals surface area contributed by atoms with Gasteiger partial charge in [-0.2, -0.15) is 4.98 Å². The van der Waals surface area contributed by atoms with Crippen LogP contribution < -0.4 is 26.0 Å². The summed E-state index contributed by atoms with van der Waals surface area (Å²) >= 11 is 0. The van der Waals surface area contributed by atoms with Crippen molar-refractivity contribution >= 4 is 45.9 Å². The maximum atomic E-state index is 13.4. The van der Waals surface area contributed by atoms with E-state index >= 15 is 0 Å². The number of anilines is 5. The van der Waals surface area contributed by atoms with Gasteiger partial charge < -0.3 is 30.9 Å². The molecule has 0 radical (unpaired) electrons. The van der Waals surface area contributed by atoms with Crippen LogP contribution in [0.1, 0.15) is 42.3 Å². The van der Waals surface area contributed by atoms with Crippen LogP contribution in [0.5, 0.6) is 5.75 Å². The zero-order chi connectivity index (χ0) is 29.3. The highest BCUT2D eigenvalue weighted by molar-refractivity contribution is 6.06. The van der Waals surface area contributed by atoms with Crippen LogP contribution in [0, 0.1) is 6.92 Å². The Kier molecular flexibility index (Phi) is 7.63. The van der Waals surface area contributed by atoms with Gasteiger partial charge in [0.2, 0.25) is 5.95 Å². The molecule has 214 valence electrons. The van der Waals surface area contributed by atoms with E-state index in [9.17, 15) is 4.79 Å². The number of aromatic nitrogens is 4. The number of carbonyl (C=O) groups excluding carboxylic acids is 1. The Balaban J connectivity index is 1.44. The van der Waals surface area contributed by atoms with Gasteiger partial charge in [0, 0.05) is 37.4 Å². The first-order chi connectivity index (χ1) is 19.5. The third kappa shape index (κ3) is 5.99. The van der Waals surface area contributed by atoms with Crippen LogP contribution in [0.2, 0.25) is 0 Å². The number of carbonyl (C=O) groups is 1. The Labute approximate surface area is 240 Å². The Morgan fingerprint density at radius 2 is 1.73 bits per heavy atom. The average Bonchev–Trinajstić information content (AvgIpc) is 2.94. The summed E-state index contributed by atoms with van der Waals surface area (Å²) in [7, 11) is 3.69. The van der Waals surface area contributed by atoms with Gasteiger partial charge in [0.05, 0.1) is 12.8 Å². The van der Waals surface area contributed by atoms with Crippen molar-refractivity contribution in [3.8, 4) is 5.75 Å². The third-order valence-corrected chi connectivity index (χ3v) is 7.35. The van der Waals surface area contributed by atoms with E-state index < -0.39 is 0 Å². The van der Waals surface area contributed by atoms with Crippen molar-refractivity contribution in [1.82, 2.24) is 24.8 Å². The molecule has 1 amide bonds. The number of hydrogen-bond acceptors (Lipinski definition) is 10. The third-order valence-electron chi connectivity index (χ3n) is 7.35. The first-order valence-electron chi connectivity index (χ1n) is 13.6. The molecule has 0 bridgehead atoms. The number of hydrogen-bond donors (Lipinski definition) is 3. The molecule has 1 aliphatic rings. The highest BCUT2D eigenvalue weighted by Crippen LogP contribution is 2.33. The summed E-state index contributed by atoms with van der Waals surface area (Å²) in [6.45, 7) is 11.8. The van der Waals surface area contributed by atoms with Crippen LogP contribution in [-0.4, -0.2) is 71.1 Å². The van der Waals surface area contributed by atoms with Crippen LogP contribution in [0.25, 0.3) is 11.0 Å². The minimum Gasteiger partial charge on any atom is -0.495 e. The van der Waals surface area contributed by atoms with Crippen molar-refractivity contribution in [3.63, 3.8) is 0 Å². The summed E-state index contributed by atoms with van der Waals surface area (Å²) in [6.07, 6.45) is 1.43. The highest BCUT2D eigenvalue weighted by Gasteiger charge is 2.21. The minimum atomic E-state index is -0.256. The van der Waals surface area contributed by atoms with Crippen molar-refractivity contribution in [1.29, 1.82) is 0 Å². The molecule has 41 heavy (non-hydrogen) atoms. The Hall–Kier alpha value is -4.51. The number of amides is 1. The summed E-state index contributed by atoms with van der Waals surface area (Å²) in [5.74, 6) is 1.68. The second kappa shape index (κ2) is 11.2. The first kappa shape index (κ1) is 28.0. The monoisotopic (exact) mass is 555 g/mol. The van der Waals surface area contributed by atoms with Crippen molar-refractivity contribution in [2.24, 2.45) is 0 Å². The number of ether oxygens (including phenoxy) is 1. The number of rotatable bonds is 6. The van der Waals surface area contributed by atoms with E-state index in [-0.39, 0.29) is 11.3 Å². The van der Waals surface area contributed by atoms with E-state index in [1.807, 2.05) is 31.2 Å². The first-order valence-corrected chi connectivity index (χ1v) is 13.6. The summed E-state index contributed by atoms with van der Waals surface area (Å²) < 4.78 is 5.51. The molecule has 5 rings (SSSR count). The molecular weight excluding hydrogens is 518 g/mol. The molecule has 3 heterocycles. The second-order valence-electron chi connectivity index (χ2n) is 11.4. The number of benzene rings is 2. The fourth-order valence-corrected chi connectivity index (χ4v) is 4.69. The number of aryl methyl sites for hydroxylation is 1. The molecule has 0 unspecified atom stereocenters. The molecule has 11 heteroatoms. The number of nitrogen functional groups attached to an aromatic ring is 1. The fourth-order valence-electron chi connectivity index (χ4n) is 4.69. The molecular formula is C30H37N9O2. The molecule has 1 aliphatic heterocycles. The molecule has 2 aromatic carbocycles. The molecule has 1 saturated heterocycles. The van der Waals surface area contributed by atoms with Gasteiger partial charge in [-0.25, -0.2) is 15.0 Å². The van der Waals surface area contributed by atoms with Gasteiger partial charge in [-0.3, -0.25) is 4.79 Å². The number of nitrogens with zero attached hydrogens (tertiary/aromatic N) is 6. The van der Waals surface area contributed by atoms with Gasteiger partial charge in [0.1, 0.15) is 23.1 Å². The van der Waals surface area contributed by atoms with E-state index in [2.05, 4.69) is 63.2 Å². The van der Waals surface area contributed by atoms with Crippen LogP contribution in [0.15, 0.2) is 42.7 Å². The summed E-state index contributed by atoms with van der Waals surface area (Å²) in [4.78, 5) is 35.9. The van der Waals surface area contributed by atoms with E-state index in [4.69, 9.17) is 15.5 Å². The highest BCUT2D eigenvalue weighted by atomic mass is 16.5. The molecule has 1 fully saturated rings. The molecule has 0 aliphatic carbocycles. The van der Waals surface area contributed by atoms with E-state index in [0.29, 0.717) is 51.3 Å². The zero-order valence-corrected chi connectivity index (χ0v) is 24.4. The van der Waals surface area contributed by atoms with Crippen molar-refractivity contribution in [2.75, 3.05) is 61.6 Å². The standard InChI is InChI=1S/C30H37N9O2/c1-18-7-8-19(28(40)35-22-16-20(30(2,3)4)9-10-23(22)41-6)15-21(18)34-27-25-24(32-17-33-27)26(31)37-29(36-25)39-13-11-38(5)12-14-39/h7-10,15-17H,11-14H2,1-6H3,(H,35,40)(H2,31,36,37)(H,32,33,34). The van der Waals surface area contributed by atoms with Gasteiger partial charge >= 0.3 is 0 Å². The SMILES string of the molecule is COc1ccc(C(C)(C)C)cc1NC(=O)c1ccc(C)c(Nc2ncnc3c(N)nc(N4CCN(C)CC4)nc23)c1. The van der Waals surface area contributed by atoms with Crippen molar-refractivity contribution < 1.29 is 9.53 Å². The quantitative estimate of drug-likeness (QED) is 0.315. The lowest BCUT2D eigenvalue weighted by Gasteiger charge is -2.32.